The number of unbranched alkanes of at least 4 members (excludes halogenated alkanes) is 12. The molecule has 2 heterocycles. The molecule has 0 spiro atoms. The number of nitrogens with zero attached hydrogens (tertiary/aromatic N) is 4. The van der Waals surface area contributed by atoms with Crippen molar-refractivity contribution < 1.29 is 19.4 Å². The molecule has 388 valence electrons. The predicted molar refractivity (Wildman–Crippen MR) is 303 cm³/mol. The van der Waals surface area contributed by atoms with Crippen molar-refractivity contribution in [2.75, 3.05) is 44.3 Å². The van der Waals surface area contributed by atoms with Crippen LogP contribution in [0.25, 0.3) is 45.0 Å². The lowest BCUT2D eigenvalue weighted by atomic mass is 10.1. The van der Waals surface area contributed by atoms with Gasteiger partial charge in [0.25, 0.3) is 0 Å². The van der Waals surface area contributed by atoms with Gasteiger partial charge in [-0.15, -0.1) is 0 Å². The number of rotatable bonds is 32. The van der Waals surface area contributed by atoms with Crippen LogP contribution in [0.2, 0.25) is 0 Å². The minimum Gasteiger partial charge on any atom is -0.465 e. The second kappa shape index (κ2) is 34.1. The van der Waals surface area contributed by atoms with Gasteiger partial charge in [-0.1, -0.05) is 237 Å². The Balaban J connectivity index is 0.000000269. The first-order valence-electron chi connectivity index (χ1n) is 26.8. The zero-order chi connectivity index (χ0) is 51.0. The summed E-state index contributed by atoms with van der Waals surface area (Å²) in [5, 5.41) is 11.3. The van der Waals surface area contributed by atoms with Gasteiger partial charge in [-0.05, 0) is 44.4 Å². The summed E-state index contributed by atoms with van der Waals surface area (Å²) in [7, 11) is 0. The summed E-state index contributed by atoms with van der Waals surface area (Å²) in [6.45, 7) is 11.9. The number of ether oxygens (including phenoxy) is 1. The third kappa shape index (κ3) is 20.9. The Bertz CT molecular complexity index is 2250. The fraction of sp³-hybridized carbons (Fsp3) is 0.467. The quantitative estimate of drug-likeness (QED) is 0.0282. The maximum Gasteiger partial charge on any atom is 0.409 e. The Kier molecular flexibility index (Phi) is 27.2. The Morgan fingerprint density at radius 3 is 1.21 bits per heavy atom. The lowest BCUT2D eigenvalue weighted by Gasteiger charge is -2.22. The van der Waals surface area contributed by atoms with Gasteiger partial charge < -0.3 is 29.6 Å². The van der Waals surface area contributed by atoms with Crippen molar-refractivity contribution in [3.8, 4) is 45.0 Å². The molecule has 0 fully saturated rings. The number of imidazole rings is 2. The number of hydrogen-bond donors (Lipinski definition) is 3. The highest BCUT2D eigenvalue weighted by molar-refractivity contribution is 7.99. The molecule has 6 aromatic rings. The molecule has 0 aliphatic heterocycles. The van der Waals surface area contributed by atoms with Crippen molar-refractivity contribution in [2.24, 2.45) is 5.92 Å². The number of hydrogen-bond acceptors (Lipinski definition) is 7. The van der Waals surface area contributed by atoms with Crippen LogP contribution in [0.15, 0.2) is 132 Å². The molecule has 0 bridgehead atoms. The van der Waals surface area contributed by atoms with Crippen molar-refractivity contribution in [1.29, 1.82) is 0 Å². The monoisotopic (exact) mass is 1010 g/mol. The molecule has 2 aromatic heterocycles. The molecule has 0 unspecified atom stereocenters. The van der Waals surface area contributed by atoms with Crippen molar-refractivity contribution in [2.45, 2.75) is 141 Å². The average Bonchev–Trinajstić information content (AvgIpc) is 4.05. The molecule has 2 amide bonds. The summed E-state index contributed by atoms with van der Waals surface area (Å²) < 4.78 is 5.54. The van der Waals surface area contributed by atoms with E-state index < -0.39 is 6.09 Å². The Hall–Kier alpha value is -5.46. The van der Waals surface area contributed by atoms with Crippen LogP contribution in [0, 0.1) is 5.92 Å². The van der Waals surface area contributed by atoms with Gasteiger partial charge in [0.15, 0.2) is 10.3 Å². The molecule has 6 rings (SSSR count). The van der Waals surface area contributed by atoms with E-state index in [0.29, 0.717) is 25.6 Å². The van der Waals surface area contributed by atoms with E-state index in [1.165, 1.54) is 44.9 Å². The Morgan fingerprint density at radius 1 is 0.500 bits per heavy atom. The number of aromatic amines is 2. The second-order valence-electron chi connectivity index (χ2n) is 18.9. The topological polar surface area (TPSA) is 127 Å². The highest BCUT2D eigenvalue weighted by Gasteiger charge is 2.18. The lowest BCUT2D eigenvalue weighted by Crippen LogP contribution is -2.34. The van der Waals surface area contributed by atoms with Crippen LogP contribution < -0.4 is 0 Å². The molecule has 4 aromatic carbocycles. The van der Waals surface area contributed by atoms with Crippen LogP contribution in [0.1, 0.15) is 130 Å². The summed E-state index contributed by atoms with van der Waals surface area (Å²) in [5.41, 5.74) is 8.58. The van der Waals surface area contributed by atoms with E-state index in [0.717, 1.165) is 138 Å². The number of carbonyl (C=O) groups excluding carboxylic acids is 1. The van der Waals surface area contributed by atoms with Gasteiger partial charge in [0.05, 0.1) is 29.4 Å². The Labute approximate surface area is 440 Å². The fourth-order valence-corrected chi connectivity index (χ4v) is 10.1. The number of amides is 2. The SMILES string of the molecule is CCCCCCCN(CCCCCSc1nc(-c2ccccc2)c(-c2ccccc2)[nH]1)C(=O)O.CCCCCCCN(CCCCCSc1nc(-c2ccccc2)c(-c2ccccc2)[nH]1)C(=O)OCC(C)C. The number of H-pyrrole nitrogens is 2. The minimum atomic E-state index is -0.790. The van der Waals surface area contributed by atoms with Crippen LogP contribution in [0.3, 0.4) is 0 Å². The van der Waals surface area contributed by atoms with E-state index in [-0.39, 0.29) is 6.09 Å². The van der Waals surface area contributed by atoms with Crippen LogP contribution in [0.4, 0.5) is 9.59 Å². The third-order valence-corrected chi connectivity index (χ3v) is 14.3. The summed E-state index contributed by atoms with van der Waals surface area (Å²) in [4.78, 5) is 44.6. The zero-order valence-corrected chi connectivity index (χ0v) is 45.3. The van der Waals surface area contributed by atoms with Crippen LogP contribution >= 0.6 is 23.5 Å². The molecule has 10 nitrogen and oxygen atoms in total. The van der Waals surface area contributed by atoms with E-state index in [4.69, 9.17) is 14.7 Å². The first-order chi connectivity index (χ1) is 35.3. The largest absolute Gasteiger partial charge is 0.465 e. The fourth-order valence-electron chi connectivity index (χ4n) is 8.32. The number of carbonyl (C=O) groups is 2. The number of thioether (sulfide) groups is 2. The van der Waals surface area contributed by atoms with Gasteiger partial charge in [0.1, 0.15) is 0 Å². The second-order valence-corrected chi connectivity index (χ2v) is 21.0. The van der Waals surface area contributed by atoms with E-state index in [9.17, 15) is 14.7 Å². The van der Waals surface area contributed by atoms with E-state index in [1.807, 2.05) is 53.4 Å². The Morgan fingerprint density at radius 2 is 0.847 bits per heavy atom. The van der Waals surface area contributed by atoms with Crippen LogP contribution in [0.5, 0.6) is 0 Å². The molecule has 0 aliphatic rings. The molecule has 72 heavy (non-hydrogen) atoms. The lowest BCUT2D eigenvalue weighted by molar-refractivity contribution is 0.0907. The smallest absolute Gasteiger partial charge is 0.409 e. The molecular formula is C60H82N6O4S2. The van der Waals surface area contributed by atoms with Gasteiger partial charge in [0, 0.05) is 59.9 Å². The summed E-state index contributed by atoms with van der Waals surface area (Å²) >= 11 is 3.51. The molecule has 12 heteroatoms. The van der Waals surface area contributed by atoms with E-state index in [2.05, 4.69) is 110 Å². The van der Waals surface area contributed by atoms with Crippen molar-refractivity contribution in [3.63, 3.8) is 0 Å². The van der Waals surface area contributed by atoms with Gasteiger partial charge in [-0.2, -0.15) is 0 Å². The van der Waals surface area contributed by atoms with Crippen molar-refractivity contribution in [3.05, 3.63) is 121 Å². The van der Waals surface area contributed by atoms with Gasteiger partial charge in [0.2, 0.25) is 0 Å². The molecule has 0 saturated heterocycles. The number of nitrogens with one attached hydrogen (secondary N) is 2. The predicted octanol–water partition coefficient (Wildman–Crippen LogP) is 17.0. The number of benzene rings is 4. The molecule has 0 saturated carbocycles. The molecular weight excluding hydrogens is 933 g/mol. The van der Waals surface area contributed by atoms with E-state index >= 15 is 0 Å². The normalized spacial score (nSPS) is 11.1. The van der Waals surface area contributed by atoms with Gasteiger partial charge >= 0.3 is 12.2 Å². The average molecular weight is 1020 g/mol. The number of aromatic nitrogens is 4. The molecule has 0 atom stereocenters. The van der Waals surface area contributed by atoms with Crippen molar-refractivity contribution in [1.82, 2.24) is 29.7 Å². The highest BCUT2D eigenvalue weighted by Crippen LogP contribution is 2.34. The third-order valence-electron chi connectivity index (χ3n) is 12.3. The standard InChI is InChI=1S/C32H45N3O2S.C28H37N3O2S/c1-4-5-6-7-15-22-35(32(36)37-25-26(2)3)23-16-10-17-24-38-31-33-29(27-18-11-8-12-19-27)30(34-31)28-20-13-9-14-21-28;1-2-3-4-5-13-20-31(28(32)33)21-14-8-15-22-34-27-29-25(23-16-9-6-10-17-23)26(30-27)24-18-11-7-12-19-24/h8-9,11-14,18-21,26H,4-7,10,15-17,22-25H2,1-3H3,(H,33,34);6-7,9-12,16-19H,2-5,8,13-15,20-22H2,1H3,(H,29,30)(H,32,33). The zero-order valence-electron chi connectivity index (χ0n) is 43.7. The molecule has 3 N–H and O–H groups in total. The summed E-state index contributed by atoms with van der Waals surface area (Å²) in [6, 6.07) is 41.4. The summed E-state index contributed by atoms with van der Waals surface area (Å²) in [6.07, 6.45) is 16.9. The molecule has 0 radical (unpaired) electrons. The maximum atomic E-state index is 12.6. The van der Waals surface area contributed by atoms with Crippen molar-refractivity contribution >= 4 is 35.7 Å². The van der Waals surface area contributed by atoms with Crippen LogP contribution in [-0.2, 0) is 4.74 Å². The minimum absolute atomic E-state index is 0.152. The maximum absolute atomic E-state index is 12.6. The van der Waals surface area contributed by atoms with Crippen LogP contribution in [-0.4, -0.2) is 91.3 Å². The number of carboxylic acid groups (broad SMARTS) is 1. The van der Waals surface area contributed by atoms with Gasteiger partial charge in [-0.3, -0.25) is 0 Å². The first kappa shape index (κ1) is 57.4. The molecule has 0 aliphatic carbocycles. The first-order valence-corrected chi connectivity index (χ1v) is 28.8. The van der Waals surface area contributed by atoms with Gasteiger partial charge in [-0.25, -0.2) is 19.6 Å². The summed E-state index contributed by atoms with van der Waals surface area (Å²) in [5.74, 6) is 2.30. The highest BCUT2D eigenvalue weighted by atomic mass is 32.2. The van der Waals surface area contributed by atoms with E-state index in [1.54, 1.807) is 28.4 Å².